The van der Waals surface area contributed by atoms with Crippen LogP contribution in [0.5, 0.6) is 0 Å². The molecule has 1 aromatic heterocycles. The zero-order valence-corrected chi connectivity index (χ0v) is 11.0. The third kappa shape index (κ3) is 3.75. The largest absolute Gasteiger partial charge is 0.393 e. The Labute approximate surface area is 108 Å². The number of nitrogens with zero attached hydrogens (tertiary/aromatic N) is 2. The third-order valence-electron chi connectivity index (χ3n) is 3.29. The number of pyridine rings is 1. The van der Waals surface area contributed by atoms with Crippen LogP contribution in [0.3, 0.4) is 0 Å². The first kappa shape index (κ1) is 12.5. The molecule has 1 aliphatic carbocycles. The van der Waals surface area contributed by atoms with Gasteiger partial charge in [-0.25, -0.2) is 0 Å². The lowest BCUT2D eigenvalue weighted by Gasteiger charge is -2.23. The molecular weight excluding hydrogens is 230 g/mol. The normalized spacial score (nSPS) is 17.1. The summed E-state index contributed by atoms with van der Waals surface area (Å²) in [6.07, 6.45) is 7.12. The monoisotopic (exact) mass is 249 g/mol. The molecule has 17 heavy (non-hydrogen) atoms. The van der Waals surface area contributed by atoms with Gasteiger partial charge in [0.05, 0.1) is 4.99 Å². The van der Waals surface area contributed by atoms with Crippen molar-refractivity contribution >= 4 is 17.2 Å². The van der Waals surface area contributed by atoms with E-state index in [-0.39, 0.29) is 0 Å². The molecule has 0 aromatic carbocycles. The molecule has 1 saturated carbocycles. The number of aromatic nitrogens is 1. The molecule has 0 unspecified atom stereocenters. The average molecular weight is 249 g/mol. The summed E-state index contributed by atoms with van der Waals surface area (Å²) in [5.41, 5.74) is 7.26. The maximum Gasteiger partial charge on any atom is 0.0733 e. The quantitative estimate of drug-likeness (QED) is 0.783. The minimum Gasteiger partial charge on any atom is -0.393 e. The van der Waals surface area contributed by atoms with Crippen LogP contribution >= 0.6 is 12.2 Å². The first-order chi connectivity index (χ1) is 8.10. The maximum atomic E-state index is 5.65. The first-order valence-electron chi connectivity index (χ1n) is 5.95. The average Bonchev–Trinajstić information content (AvgIpc) is 2.97. The number of rotatable bonds is 6. The SMILES string of the molecule is CN(Cc1cccnc1)CC1(CC(N)=S)CC1. The van der Waals surface area contributed by atoms with Gasteiger partial charge in [-0.1, -0.05) is 18.3 Å². The van der Waals surface area contributed by atoms with E-state index in [9.17, 15) is 0 Å². The first-order valence-corrected chi connectivity index (χ1v) is 6.36. The van der Waals surface area contributed by atoms with Crippen LogP contribution in [0.2, 0.25) is 0 Å². The van der Waals surface area contributed by atoms with E-state index in [1.54, 1.807) is 6.20 Å². The van der Waals surface area contributed by atoms with Crippen molar-refractivity contribution in [3.63, 3.8) is 0 Å². The summed E-state index contributed by atoms with van der Waals surface area (Å²) >= 11 is 5.02. The highest BCUT2D eigenvalue weighted by atomic mass is 32.1. The van der Waals surface area contributed by atoms with Gasteiger partial charge in [0, 0.05) is 31.9 Å². The summed E-state index contributed by atoms with van der Waals surface area (Å²) < 4.78 is 0. The lowest BCUT2D eigenvalue weighted by atomic mass is 10.0. The molecule has 1 aromatic rings. The van der Waals surface area contributed by atoms with Crippen molar-refractivity contribution in [3.8, 4) is 0 Å². The second-order valence-electron chi connectivity index (χ2n) is 5.18. The number of thiocarbonyl (C=S) groups is 1. The fraction of sp³-hybridized carbons (Fsp3) is 0.538. The molecule has 0 radical (unpaired) electrons. The summed E-state index contributed by atoms with van der Waals surface area (Å²) in [6.45, 7) is 2.01. The van der Waals surface area contributed by atoms with Crippen LogP contribution in [0, 0.1) is 5.41 Å². The summed E-state index contributed by atoms with van der Waals surface area (Å²) in [4.78, 5) is 7.12. The van der Waals surface area contributed by atoms with Crippen molar-refractivity contribution in [2.45, 2.75) is 25.8 Å². The van der Waals surface area contributed by atoms with Crippen LogP contribution in [0.4, 0.5) is 0 Å². The molecule has 0 aliphatic heterocycles. The Balaban J connectivity index is 1.85. The molecule has 92 valence electrons. The van der Waals surface area contributed by atoms with E-state index in [2.05, 4.69) is 23.0 Å². The standard InChI is InChI=1S/C13H19N3S/c1-16(9-11-3-2-6-15-8-11)10-13(4-5-13)7-12(14)17/h2-3,6,8H,4-5,7,9-10H2,1H3,(H2,14,17). The van der Waals surface area contributed by atoms with Crippen molar-refractivity contribution in [1.82, 2.24) is 9.88 Å². The smallest absolute Gasteiger partial charge is 0.0733 e. The van der Waals surface area contributed by atoms with Crippen molar-refractivity contribution in [3.05, 3.63) is 30.1 Å². The molecule has 2 rings (SSSR count). The van der Waals surface area contributed by atoms with E-state index >= 15 is 0 Å². The van der Waals surface area contributed by atoms with Gasteiger partial charge in [0.15, 0.2) is 0 Å². The fourth-order valence-electron chi connectivity index (χ4n) is 2.37. The van der Waals surface area contributed by atoms with Gasteiger partial charge in [0.1, 0.15) is 0 Å². The fourth-order valence-corrected chi connectivity index (χ4v) is 2.68. The van der Waals surface area contributed by atoms with E-state index in [1.165, 1.54) is 18.4 Å². The molecular formula is C13H19N3S. The molecule has 4 heteroatoms. The minimum atomic E-state index is 0.364. The Morgan fingerprint density at radius 2 is 2.35 bits per heavy atom. The van der Waals surface area contributed by atoms with Gasteiger partial charge < -0.3 is 10.6 Å². The minimum absolute atomic E-state index is 0.364. The molecule has 0 spiro atoms. The van der Waals surface area contributed by atoms with E-state index in [1.807, 2.05) is 12.3 Å². The number of hydrogen-bond acceptors (Lipinski definition) is 3. The molecule has 1 heterocycles. The second-order valence-corrected chi connectivity index (χ2v) is 5.70. The van der Waals surface area contributed by atoms with Gasteiger partial charge in [-0.05, 0) is 36.9 Å². The molecule has 0 saturated heterocycles. The number of hydrogen-bond donors (Lipinski definition) is 1. The molecule has 1 fully saturated rings. The Morgan fingerprint density at radius 1 is 1.59 bits per heavy atom. The Kier molecular flexibility index (Phi) is 3.74. The highest BCUT2D eigenvalue weighted by molar-refractivity contribution is 7.80. The molecule has 2 N–H and O–H groups in total. The molecule has 3 nitrogen and oxygen atoms in total. The highest BCUT2D eigenvalue weighted by Gasteiger charge is 2.43. The molecule has 0 atom stereocenters. The van der Waals surface area contributed by atoms with Crippen LogP contribution in [0.25, 0.3) is 0 Å². The van der Waals surface area contributed by atoms with Crippen molar-refractivity contribution in [2.24, 2.45) is 11.1 Å². The van der Waals surface area contributed by atoms with Gasteiger partial charge in [0.2, 0.25) is 0 Å². The van der Waals surface area contributed by atoms with Crippen molar-refractivity contribution in [1.29, 1.82) is 0 Å². The van der Waals surface area contributed by atoms with Crippen LogP contribution in [-0.2, 0) is 6.54 Å². The number of nitrogens with two attached hydrogens (primary N) is 1. The zero-order valence-electron chi connectivity index (χ0n) is 10.2. The maximum absolute atomic E-state index is 5.65. The summed E-state index contributed by atoms with van der Waals surface area (Å²) in [5.74, 6) is 0. The van der Waals surface area contributed by atoms with Gasteiger partial charge in [0.25, 0.3) is 0 Å². The predicted molar refractivity (Wildman–Crippen MR) is 73.6 cm³/mol. The van der Waals surface area contributed by atoms with Crippen LogP contribution in [-0.4, -0.2) is 28.5 Å². The zero-order chi connectivity index (χ0) is 12.3. The van der Waals surface area contributed by atoms with Gasteiger partial charge in [-0.15, -0.1) is 0 Å². The Bertz CT molecular complexity index is 387. The van der Waals surface area contributed by atoms with Crippen LogP contribution in [0.1, 0.15) is 24.8 Å². The van der Waals surface area contributed by atoms with Crippen molar-refractivity contribution < 1.29 is 0 Å². The van der Waals surface area contributed by atoms with E-state index in [4.69, 9.17) is 18.0 Å². The van der Waals surface area contributed by atoms with Crippen LogP contribution in [0.15, 0.2) is 24.5 Å². The summed E-state index contributed by atoms with van der Waals surface area (Å²) in [7, 11) is 2.15. The molecule has 0 bridgehead atoms. The van der Waals surface area contributed by atoms with Gasteiger partial charge in [-0.2, -0.15) is 0 Å². The lowest BCUT2D eigenvalue weighted by molar-refractivity contribution is 0.259. The predicted octanol–water partition coefficient (Wildman–Crippen LogP) is 1.97. The second kappa shape index (κ2) is 5.10. The van der Waals surface area contributed by atoms with Gasteiger partial charge in [-0.3, -0.25) is 4.98 Å². The Morgan fingerprint density at radius 3 is 2.88 bits per heavy atom. The lowest BCUT2D eigenvalue weighted by Crippen LogP contribution is -2.29. The van der Waals surface area contributed by atoms with E-state index in [0.717, 1.165) is 19.5 Å². The van der Waals surface area contributed by atoms with E-state index in [0.29, 0.717) is 10.4 Å². The topological polar surface area (TPSA) is 42.2 Å². The summed E-state index contributed by atoms with van der Waals surface area (Å²) in [5, 5.41) is 0. The van der Waals surface area contributed by atoms with E-state index < -0.39 is 0 Å². The third-order valence-corrected chi connectivity index (χ3v) is 3.43. The summed E-state index contributed by atoms with van der Waals surface area (Å²) in [6, 6.07) is 4.09. The molecule has 1 aliphatic rings. The van der Waals surface area contributed by atoms with Crippen LogP contribution < -0.4 is 5.73 Å². The van der Waals surface area contributed by atoms with Crippen molar-refractivity contribution in [2.75, 3.05) is 13.6 Å². The highest BCUT2D eigenvalue weighted by Crippen LogP contribution is 2.49. The Hall–Kier alpha value is -1.00. The molecule has 0 amide bonds. The van der Waals surface area contributed by atoms with Gasteiger partial charge >= 0.3 is 0 Å².